The molecule has 1 aliphatic rings. The summed E-state index contributed by atoms with van der Waals surface area (Å²) in [5.74, 6) is -0.224. The molecule has 3 aromatic rings. The van der Waals surface area contributed by atoms with Gasteiger partial charge in [0, 0.05) is 32.7 Å². The van der Waals surface area contributed by atoms with Crippen molar-refractivity contribution >= 4 is 27.5 Å². The predicted molar refractivity (Wildman–Crippen MR) is 106 cm³/mol. The minimum absolute atomic E-state index is 0.224. The summed E-state index contributed by atoms with van der Waals surface area (Å²) in [6.45, 7) is 5.67. The molecule has 4 heteroatoms. The van der Waals surface area contributed by atoms with Gasteiger partial charge in [-0.2, -0.15) is 0 Å². The molecular weight excluding hydrogens is 324 g/mol. The van der Waals surface area contributed by atoms with Crippen molar-refractivity contribution in [2.45, 2.75) is 6.42 Å². The third-order valence-electron chi connectivity index (χ3n) is 5.04. The van der Waals surface area contributed by atoms with E-state index in [-0.39, 0.29) is 5.97 Å². The van der Waals surface area contributed by atoms with Crippen molar-refractivity contribution in [3.05, 3.63) is 60.2 Å². The van der Waals surface area contributed by atoms with Crippen molar-refractivity contribution in [1.29, 1.82) is 0 Å². The van der Waals surface area contributed by atoms with Gasteiger partial charge in [-0.05, 0) is 34.0 Å². The summed E-state index contributed by atoms with van der Waals surface area (Å²) >= 11 is 0. The highest BCUT2D eigenvalue weighted by Gasteiger charge is 2.16. The second-order valence-electron chi connectivity index (χ2n) is 6.77. The molecule has 4 rings (SSSR count). The van der Waals surface area contributed by atoms with Crippen LogP contribution in [-0.4, -0.2) is 50.2 Å². The Morgan fingerprint density at radius 1 is 0.962 bits per heavy atom. The zero-order valence-corrected chi connectivity index (χ0v) is 14.9. The zero-order valence-electron chi connectivity index (χ0n) is 14.9. The molecule has 0 radical (unpaired) electrons. The average molecular weight is 348 g/mol. The first-order valence-electron chi connectivity index (χ1n) is 9.33. The summed E-state index contributed by atoms with van der Waals surface area (Å²) in [7, 11) is 0. The second-order valence-corrected chi connectivity index (χ2v) is 6.77. The van der Waals surface area contributed by atoms with E-state index in [0.717, 1.165) is 60.7 Å². The summed E-state index contributed by atoms with van der Waals surface area (Å²) in [5.41, 5.74) is 0.681. The molecule has 4 nitrogen and oxygen atoms in total. The number of rotatable bonds is 5. The fraction of sp³-hybridized carbons (Fsp3) is 0.318. The Labute approximate surface area is 153 Å². The topological polar surface area (TPSA) is 41.6 Å². The number of fused-ring (bicyclic) bond motifs is 2. The number of esters is 1. The molecule has 0 unspecified atom stereocenters. The van der Waals surface area contributed by atoms with Crippen LogP contribution in [0, 0.1) is 0 Å². The molecule has 3 aromatic carbocycles. The molecule has 1 N–H and O–H groups in total. The van der Waals surface area contributed by atoms with E-state index in [1.807, 2.05) is 48.5 Å². The van der Waals surface area contributed by atoms with Crippen molar-refractivity contribution < 1.29 is 9.53 Å². The van der Waals surface area contributed by atoms with Gasteiger partial charge in [-0.3, -0.25) is 0 Å². The Bertz CT molecular complexity index is 862. The van der Waals surface area contributed by atoms with Gasteiger partial charge in [0.1, 0.15) is 0 Å². The maximum absolute atomic E-state index is 12.9. The molecule has 0 bridgehead atoms. The Hall–Kier alpha value is -2.43. The molecule has 0 amide bonds. The molecule has 1 fully saturated rings. The quantitative estimate of drug-likeness (QED) is 0.436. The van der Waals surface area contributed by atoms with Crippen LogP contribution in [-0.2, 0) is 4.74 Å². The van der Waals surface area contributed by atoms with Crippen LogP contribution in [0.1, 0.15) is 16.8 Å². The summed E-state index contributed by atoms with van der Waals surface area (Å²) in [5, 5.41) is 7.40. The van der Waals surface area contributed by atoms with Gasteiger partial charge in [0.15, 0.2) is 0 Å². The van der Waals surface area contributed by atoms with Gasteiger partial charge in [-0.25, -0.2) is 4.79 Å². The number of ether oxygens (including phenoxy) is 1. The third kappa shape index (κ3) is 3.57. The molecule has 0 saturated carbocycles. The van der Waals surface area contributed by atoms with Gasteiger partial charge < -0.3 is 15.0 Å². The summed E-state index contributed by atoms with van der Waals surface area (Å²) in [6, 6.07) is 18.2. The molecular formula is C22H24N2O2. The normalized spacial score (nSPS) is 15.4. The standard InChI is InChI=1S/C22H24N2O2/c25-22(26-15-5-12-24-13-10-23-11-14-24)21-19-8-3-1-6-17(19)16-18-7-2-4-9-20(18)21/h1-4,6-9,16,23H,5,10-15H2. The maximum atomic E-state index is 12.9. The summed E-state index contributed by atoms with van der Waals surface area (Å²) in [4.78, 5) is 15.3. The molecule has 0 aromatic heterocycles. The van der Waals surface area contributed by atoms with E-state index in [0.29, 0.717) is 12.2 Å². The molecule has 1 heterocycles. The number of carbonyl (C=O) groups excluding carboxylic acids is 1. The first-order chi connectivity index (χ1) is 12.8. The molecule has 0 spiro atoms. The number of hydrogen-bond acceptors (Lipinski definition) is 4. The van der Waals surface area contributed by atoms with Crippen LogP contribution in [0.3, 0.4) is 0 Å². The van der Waals surface area contributed by atoms with Crippen molar-refractivity contribution in [1.82, 2.24) is 10.2 Å². The molecule has 1 aliphatic heterocycles. The van der Waals surface area contributed by atoms with Crippen molar-refractivity contribution in [3.63, 3.8) is 0 Å². The van der Waals surface area contributed by atoms with E-state index >= 15 is 0 Å². The lowest BCUT2D eigenvalue weighted by molar-refractivity contribution is 0.0491. The monoisotopic (exact) mass is 348 g/mol. The van der Waals surface area contributed by atoms with E-state index in [9.17, 15) is 4.79 Å². The van der Waals surface area contributed by atoms with Crippen LogP contribution < -0.4 is 5.32 Å². The largest absolute Gasteiger partial charge is 0.462 e. The Morgan fingerprint density at radius 2 is 1.58 bits per heavy atom. The van der Waals surface area contributed by atoms with Gasteiger partial charge >= 0.3 is 5.97 Å². The number of nitrogens with one attached hydrogen (secondary N) is 1. The summed E-state index contributed by atoms with van der Waals surface area (Å²) < 4.78 is 5.65. The van der Waals surface area contributed by atoms with Crippen LogP contribution in [0.5, 0.6) is 0 Å². The van der Waals surface area contributed by atoms with Crippen LogP contribution in [0.2, 0.25) is 0 Å². The molecule has 0 atom stereocenters. The van der Waals surface area contributed by atoms with Gasteiger partial charge in [0.05, 0.1) is 12.2 Å². The van der Waals surface area contributed by atoms with Crippen molar-refractivity contribution in [2.75, 3.05) is 39.3 Å². The number of nitrogens with zero attached hydrogens (tertiary/aromatic N) is 1. The smallest absolute Gasteiger partial charge is 0.339 e. The molecule has 0 aliphatic carbocycles. The second kappa shape index (κ2) is 7.85. The minimum Gasteiger partial charge on any atom is -0.462 e. The van der Waals surface area contributed by atoms with Crippen LogP contribution >= 0.6 is 0 Å². The van der Waals surface area contributed by atoms with Gasteiger partial charge in [0.25, 0.3) is 0 Å². The predicted octanol–water partition coefficient (Wildman–Crippen LogP) is 3.45. The van der Waals surface area contributed by atoms with Crippen molar-refractivity contribution in [2.24, 2.45) is 0 Å². The third-order valence-corrected chi connectivity index (χ3v) is 5.04. The Balaban J connectivity index is 1.51. The lowest BCUT2D eigenvalue weighted by Gasteiger charge is -2.26. The molecule has 26 heavy (non-hydrogen) atoms. The highest BCUT2D eigenvalue weighted by molar-refractivity contribution is 6.16. The van der Waals surface area contributed by atoms with Gasteiger partial charge in [-0.1, -0.05) is 48.5 Å². The maximum Gasteiger partial charge on any atom is 0.339 e. The lowest BCUT2D eigenvalue weighted by atomic mass is 9.97. The van der Waals surface area contributed by atoms with E-state index in [2.05, 4.69) is 16.3 Å². The van der Waals surface area contributed by atoms with Crippen LogP contribution in [0.25, 0.3) is 21.5 Å². The van der Waals surface area contributed by atoms with Crippen molar-refractivity contribution in [3.8, 4) is 0 Å². The fourth-order valence-corrected chi connectivity index (χ4v) is 3.69. The number of hydrogen-bond donors (Lipinski definition) is 1. The number of piperazine rings is 1. The fourth-order valence-electron chi connectivity index (χ4n) is 3.69. The van der Waals surface area contributed by atoms with Gasteiger partial charge in [0.2, 0.25) is 0 Å². The highest BCUT2D eigenvalue weighted by Crippen LogP contribution is 2.29. The first kappa shape index (κ1) is 17.0. The van der Waals surface area contributed by atoms with E-state index in [1.54, 1.807) is 0 Å². The lowest BCUT2D eigenvalue weighted by Crippen LogP contribution is -2.43. The SMILES string of the molecule is O=C(OCCCN1CCNCC1)c1c2ccccc2cc2ccccc12. The molecule has 134 valence electrons. The van der Waals surface area contributed by atoms with Crippen LogP contribution in [0.15, 0.2) is 54.6 Å². The first-order valence-corrected chi connectivity index (χ1v) is 9.33. The van der Waals surface area contributed by atoms with E-state index in [1.165, 1.54) is 0 Å². The van der Waals surface area contributed by atoms with E-state index < -0.39 is 0 Å². The highest BCUT2D eigenvalue weighted by atomic mass is 16.5. The number of benzene rings is 3. The average Bonchev–Trinajstić information content (AvgIpc) is 2.70. The zero-order chi connectivity index (χ0) is 17.8. The number of carbonyl (C=O) groups is 1. The Kier molecular flexibility index (Phi) is 5.14. The Morgan fingerprint density at radius 3 is 2.23 bits per heavy atom. The molecule has 1 saturated heterocycles. The van der Waals surface area contributed by atoms with Crippen LogP contribution in [0.4, 0.5) is 0 Å². The van der Waals surface area contributed by atoms with E-state index in [4.69, 9.17) is 4.74 Å². The van der Waals surface area contributed by atoms with Gasteiger partial charge in [-0.15, -0.1) is 0 Å². The summed E-state index contributed by atoms with van der Waals surface area (Å²) in [6.07, 6.45) is 0.869. The minimum atomic E-state index is -0.224.